The van der Waals surface area contributed by atoms with Crippen LogP contribution >= 0.6 is 11.6 Å². The van der Waals surface area contributed by atoms with Gasteiger partial charge in [0.25, 0.3) is 5.91 Å². The van der Waals surface area contributed by atoms with Gasteiger partial charge in [-0.1, -0.05) is 48.0 Å². The molecule has 1 aliphatic rings. The van der Waals surface area contributed by atoms with Crippen molar-refractivity contribution in [3.8, 4) is 11.3 Å². The van der Waals surface area contributed by atoms with E-state index in [1.807, 2.05) is 66.5 Å². The fourth-order valence-electron chi connectivity index (χ4n) is 3.42. The minimum Gasteiger partial charge on any atom is -0.368 e. The van der Waals surface area contributed by atoms with Gasteiger partial charge in [-0.25, -0.2) is 0 Å². The summed E-state index contributed by atoms with van der Waals surface area (Å²) in [6.07, 6.45) is 0. The predicted molar refractivity (Wildman–Crippen MR) is 108 cm³/mol. The standard InChI is InChI=1S/C21H21ClN4O/c1-24-20(15-19(23-24)16-6-3-2-4-7-16)21(27)26-12-10-25(11-13-26)18-9-5-8-17(22)14-18/h2-9,14-15H,10-13H2,1H3. The molecule has 0 spiro atoms. The Bertz CT molecular complexity index is 946. The van der Waals surface area contributed by atoms with Gasteiger partial charge in [0.1, 0.15) is 5.69 Å². The molecule has 0 bridgehead atoms. The van der Waals surface area contributed by atoms with Crippen molar-refractivity contribution < 1.29 is 4.79 Å². The fraction of sp³-hybridized carbons (Fsp3) is 0.238. The Morgan fingerprint density at radius 1 is 0.963 bits per heavy atom. The van der Waals surface area contributed by atoms with Gasteiger partial charge in [0, 0.05) is 49.5 Å². The molecule has 5 nitrogen and oxygen atoms in total. The molecule has 1 aliphatic heterocycles. The van der Waals surface area contributed by atoms with Gasteiger partial charge < -0.3 is 9.80 Å². The molecule has 6 heteroatoms. The molecule has 0 N–H and O–H groups in total. The van der Waals surface area contributed by atoms with Crippen LogP contribution in [0.4, 0.5) is 5.69 Å². The van der Waals surface area contributed by atoms with Crippen LogP contribution in [-0.4, -0.2) is 46.8 Å². The normalized spacial score (nSPS) is 14.4. The van der Waals surface area contributed by atoms with Gasteiger partial charge in [-0.2, -0.15) is 5.10 Å². The minimum atomic E-state index is 0.0259. The molecule has 0 radical (unpaired) electrons. The molecule has 1 fully saturated rings. The number of carbonyl (C=O) groups is 1. The van der Waals surface area contributed by atoms with Gasteiger partial charge in [-0.05, 0) is 24.3 Å². The van der Waals surface area contributed by atoms with E-state index in [-0.39, 0.29) is 5.91 Å². The maximum absolute atomic E-state index is 13.0. The topological polar surface area (TPSA) is 41.4 Å². The van der Waals surface area contributed by atoms with Crippen LogP contribution in [0.3, 0.4) is 0 Å². The molecular weight excluding hydrogens is 360 g/mol. The number of benzene rings is 2. The van der Waals surface area contributed by atoms with E-state index >= 15 is 0 Å². The Hall–Kier alpha value is -2.79. The number of piperazine rings is 1. The summed E-state index contributed by atoms with van der Waals surface area (Å²) in [4.78, 5) is 17.1. The number of rotatable bonds is 3. The molecule has 2 heterocycles. The zero-order valence-electron chi connectivity index (χ0n) is 15.2. The van der Waals surface area contributed by atoms with Crippen LogP contribution in [0.1, 0.15) is 10.5 Å². The lowest BCUT2D eigenvalue weighted by molar-refractivity contribution is 0.0735. The molecule has 138 valence electrons. The zero-order chi connectivity index (χ0) is 18.8. The van der Waals surface area contributed by atoms with E-state index in [1.54, 1.807) is 4.68 Å². The van der Waals surface area contributed by atoms with Crippen molar-refractivity contribution in [2.75, 3.05) is 31.1 Å². The number of carbonyl (C=O) groups excluding carboxylic acids is 1. The van der Waals surface area contributed by atoms with Crippen molar-refractivity contribution in [2.45, 2.75) is 0 Å². The van der Waals surface area contributed by atoms with Crippen LogP contribution in [0, 0.1) is 0 Å². The third kappa shape index (κ3) is 3.69. The van der Waals surface area contributed by atoms with Gasteiger partial charge in [0.15, 0.2) is 0 Å². The molecule has 0 unspecified atom stereocenters. The summed E-state index contributed by atoms with van der Waals surface area (Å²) < 4.78 is 1.67. The number of hydrogen-bond donors (Lipinski definition) is 0. The number of halogens is 1. The highest BCUT2D eigenvalue weighted by Gasteiger charge is 2.25. The van der Waals surface area contributed by atoms with Crippen molar-refractivity contribution in [3.63, 3.8) is 0 Å². The molecule has 3 aromatic rings. The Balaban J connectivity index is 1.46. The van der Waals surface area contributed by atoms with Crippen LogP contribution < -0.4 is 4.90 Å². The molecule has 27 heavy (non-hydrogen) atoms. The van der Waals surface area contributed by atoms with E-state index in [2.05, 4.69) is 16.1 Å². The Labute approximate surface area is 163 Å². The highest BCUT2D eigenvalue weighted by molar-refractivity contribution is 6.30. The van der Waals surface area contributed by atoms with Crippen molar-refractivity contribution in [1.29, 1.82) is 0 Å². The molecule has 1 saturated heterocycles. The first-order valence-electron chi connectivity index (χ1n) is 9.01. The first-order valence-corrected chi connectivity index (χ1v) is 9.39. The molecule has 2 aromatic carbocycles. The average Bonchev–Trinajstić information content (AvgIpc) is 3.10. The monoisotopic (exact) mass is 380 g/mol. The van der Waals surface area contributed by atoms with E-state index in [0.717, 1.165) is 35.1 Å². The second-order valence-electron chi connectivity index (χ2n) is 6.66. The van der Waals surface area contributed by atoms with E-state index in [4.69, 9.17) is 11.6 Å². The quantitative estimate of drug-likeness (QED) is 0.695. The molecule has 0 atom stereocenters. The lowest BCUT2D eigenvalue weighted by atomic mass is 10.1. The van der Waals surface area contributed by atoms with Crippen molar-refractivity contribution in [3.05, 3.63) is 71.4 Å². The molecule has 0 aliphatic carbocycles. The van der Waals surface area contributed by atoms with Gasteiger partial charge in [-0.15, -0.1) is 0 Å². The summed E-state index contributed by atoms with van der Waals surface area (Å²) >= 11 is 6.09. The predicted octanol–water partition coefficient (Wildman–Crippen LogP) is 3.70. The van der Waals surface area contributed by atoms with E-state index < -0.39 is 0 Å². The van der Waals surface area contributed by atoms with Crippen LogP contribution in [0.2, 0.25) is 5.02 Å². The highest BCUT2D eigenvalue weighted by atomic mass is 35.5. The maximum Gasteiger partial charge on any atom is 0.272 e. The maximum atomic E-state index is 13.0. The highest BCUT2D eigenvalue weighted by Crippen LogP contribution is 2.22. The number of aromatic nitrogens is 2. The first kappa shape index (κ1) is 17.6. The second kappa shape index (κ2) is 7.45. The number of amides is 1. The number of hydrogen-bond acceptors (Lipinski definition) is 3. The van der Waals surface area contributed by atoms with Crippen molar-refractivity contribution >= 4 is 23.2 Å². The average molecular weight is 381 g/mol. The van der Waals surface area contributed by atoms with Crippen molar-refractivity contribution in [2.24, 2.45) is 7.05 Å². The van der Waals surface area contributed by atoms with Gasteiger partial charge >= 0.3 is 0 Å². The summed E-state index contributed by atoms with van der Waals surface area (Å²) in [5, 5.41) is 5.24. The molecule has 1 amide bonds. The molecule has 1 aromatic heterocycles. The zero-order valence-corrected chi connectivity index (χ0v) is 15.9. The minimum absolute atomic E-state index is 0.0259. The van der Waals surface area contributed by atoms with Crippen molar-refractivity contribution in [1.82, 2.24) is 14.7 Å². The van der Waals surface area contributed by atoms with Crippen LogP contribution in [-0.2, 0) is 7.05 Å². The second-order valence-corrected chi connectivity index (χ2v) is 7.10. The van der Waals surface area contributed by atoms with E-state index in [0.29, 0.717) is 18.8 Å². The summed E-state index contributed by atoms with van der Waals surface area (Å²) in [6, 6.07) is 19.6. The Morgan fingerprint density at radius 2 is 1.70 bits per heavy atom. The summed E-state index contributed by atoms with van der Waals surface area (Å²) in [5.74, 6) is 0.0259. The van der Waals surface area contributed by atoms with Gasteiger partial charge in [0.2, 0.25) is 0 Å². The summed E-state index contributed by atoms with van der Waals surface area (Å²) in [7, 11) is 1.82. The van der Waals surface area contributed by atoms with Gasteiger partial charge in [0.05, 0.1) is 5.69 Å². The van der Waals surface area contributed by atoms with Crippen LogP contribution in [0.5, 0.6) is 0 Å². The lowest BCUT2D eigenvalue weighted by Crippen LogP contribution is -2.49. The number of anilines is 1. The number of aryl methyl sites for hydroxylation is 1. The number of nitrogens with zero attached hydrogens (tertiary/aromatic N) is 4. The molecular formula is C21H21ClN4O. The Morgan fingerprint density at radius 3 is 2.41 bits per heavy atom. The summed E-state index contributed by atoms with van der Waals surface area (Å²) in [5.41, 5.74) is 3.54. The van der Waals surface area contributed by atoms with Gasteiger partial charge in [-0.3, -0.25) is 9.48 Å². The first-order chi connectivity index (χ1) is 13.1. The largest absolute Gasteiger partial charge is 0.368 e. The molecule has 0 saturated carbocycles. The molecule has 4 rings (SSSR count). The summed E-state index contributed by atoms with van der Waals surface area (Å²) in [6.45, 7) is 2.93. The third-order valence-corrected chi connectivity index (χ3v) is 5.14. The van der Waals surface area contributed by atoms with E-state index in [1.165, 1.54) is 0 Å². The fourth-order valence-corrected chi connectivity index (χ4v) is 3.60. The smallest absolute Gasteiger partial charge is 0.272 e. The Kier molecular flexibility index (Phi) is 4.86. The van der Waals surface area contributed by atoms with Crippen LogP contribution in [0.25, 0.3) is 11.3 Å². The SMILES string of the molecule is Cn1nc(-c2ccccc2)cc1C(=O)N1CCN(c2cccc(Cl)c2)CC1. The lowest BCUT2D eigenvalue weighted by Gasteiger charge is -2.36. The van der Waals surface area contributed by atoms with E-state index in [9.17, 15) is 4.79 Å². The van der Waals surface area contributed by atoms with Crippen LogP contribution in [0.15, 0.2) is 60.7 Å². The third-order valence-electron chi connectivity index (χ3n) is 4.91.